The Morgan fingerprint density at radius 3 is 1.96 bits per heavy atom. The maximum atomic E-state index is 6.55. The van der Waals surface area contributed by atoms with Crippen LogP contribution in [0.1, 0.15) is 0 Å². The SMILES string of the molecule is c1ccc(-c2nc3c(ccc4oc5cc(N(c6ccc(-c7cccc8ccccc78)cc6)c6ccc7oc8ccccc8c7c6)ccc5c43)o2)cc1. The molecule has 0 aliphatic carbocycles. The van der Waals surface area contributed by atoms with Crippen molar-refractivity contribution in [3.8, 4) is 22.6 Å². The van der Waals surface area contributed by atoms with Gasteiger partial charge in [0.15, 0.2) is 5.58 Å². The molecule has 8 aromatic carbocycles. The number of furan rings is 2. The van der Waals surface area contributed by atoms with Gasteiger partial charge in [-0.2, -0.15) is 0 Å². The predicted molar refractivity (Wildman–Crippen MR) is 212 cm³/mol. The molecule has 3 heterocycles. The summed E-state index contributed by atoms with van der Waals surface area (Å²) in [6.07, 6.45) is 0. The molecule has 0 N–H and O–H groups in total. The summed E-state index contributed by atoms with van der Waals surface area (Å²) in [7, 11) is 0. The van der Waals surface area contributed by atoms with E-state index in [9.17, 15) is 0 Å². The molecule has 0 aliphatic heterocycles. The summed E-state index contributed by atoms with van der Waals surface area (Å²) in [6.45, 7) is 0. The van der Waals surface area contributed by atoms with Crippen LogP contribution in [0.25, 0.3) is 88.3 Å². The highest BCUT2D eigenvalue weighted by molar-refractivity contribution is 6.17. The quantitative estimate of drug-likeness (QED) is 0.183. The summed E-state index contributed by atoms with van der Waals surface area (Å²) < 4.78 is 19.0. The first kappa shape index (κ1) is 28.7. The van der Waals surface area contributed by atoms with Gasteiger partial charge in [0.25, 0.3) is 0 Å². The molecule has 11 rings (SSSR count). The fourth-order valence-electron chi connectivity index (χ4n) is 7.65. The molecule has 0 spiro atoms. The highest BCUT2D eigenvalue weighted by Gasteiger charge is 2.20. The molecule has 5 heteroatoms. The van der Waals surface area contributed by atoms with E-state index >= 15 is 0 Å². The molecule has 0 bridgehead atoms. The number of rotatable bonds is 5. The summed E-state index contributed by atoms with van der Waals surface area (Å²) in [6, 6.07) is 58.7. The largest absolute Gasteiger partial charge is 0.456 e. The van der Waals surface area contributed by atoms with Gasteiger partial charge in [-0.3, -0.25) is 0 Å². The lowest BCUT2D eigenvalue weighted by Crippen LogP contribution is -2.09. The number of aromatic nitrogens is 1. The second kappa shape index (κ2) is 11.2. The van der Waals surface area contributed by atoms with Crippen LogP contribution in [0.15, 0.2) is 183 Å². The minimum Gasteiger partial charge on any atom is -0.456 e. The van der Waals surface area contributed by atoms with Crippen LogP contribution in [0.3, 0.4) is 0 Å². The Hall–Kier alpha value is -7.11. The average Bonchev–Trinajstić information content (AvgIpc) is 3.91. The van der Waals surface area contributed by atoms with Crippen molar-refractivity contribution in [3.05, 3.63) is 170 Å². The molecule has 5 nitrogen and oxygen atoms in total. The van der Waals surface area contributed by atoms with Gasteiger partial charge in [0.05, 0.1) is 5.39 Å². The molecular formula is C47H28N2O3. The number of anilines is 3. The molecular weight excluding hydrogens is 641 g/mol. The fraction of sp³-hybridized carbons (Fsp3) is 0. The average molecular weight is 669 g/mol. The number of nitrogens with zero attached hydrogens (tertiary/aromatic N) is 2. The van der Waals surface area contributed by atoms with Crippen LogP contribution in [-0.4, -0.2) is 4.98 Å². The minimum absolute atomic E-state index is 0.592. The van der Waals surface area contributed by atoms with E-state index in [1.54, 1.807) is 0 Å². The molecule has 52 heavy (non-hydrogen) atoms. The second-order valence-corrected chi connectivity index (χ2v) is 13.1. The van der Waals surface area contributed by atoms with Crippen LogP contribution >= 0.6 is 0 Å². The van der Waals surface area contributed by atoms with Crippen molar-refractivity contribution in [1.82, 2.24) is 4.98 Å². The molecule has 244 valence electrons. The molecule has 11 aromatic rings. The summed E-state index contributed by atoms with van der Waals surface area (Å²) in [5.41, 5.74) is 11.1. The van der Waals surface area contributed by atoms with E-state index < -0.39 is 0 Å². The van der Waals surface area contributed by atoms with Crippen molar-refractivity contribution in [2.24, 2.45) is 0 Å². The summed E-state index contributed by atoms with van der Waals surface area (Å²) >= 11 is 0. The fourth-order valence-corrected chi connectivity index (χ4v) is 7.65. The van der Waals surface area contributed by atoms with Crippen LogP contribution < -0.4 is 4.90 Å². The van der Waals surface area contributed by atoms with Crippen LogP contribution in [0, 0.1) is 0 Å². The number of hydrogen-bond acceptors (Lipinski definition) is 5. The van der Waals surface area contributed by atoms with Crippen molar-refractivity contribution < 1.29 is 13.3 Å². The predicted octanol–water partition coefficient (Wildman–Crippen LogP) is 13.6. The third kappa shape index (κ3) is 4.46. The minimum atomic E-state index is 0.592. The number of oxazole rings is 1. The second-order valence-electron chi connectivity index (χ2n) is 13.1. The summed E-state index contributed by atoms with van der Waals surface area (Å²) in [4.78, 5) is 7.22. The molecule has 0 fully saturated rings. The van der Waals surface area contributed by atoms with E-state index in [2.05, 4.69) is 120 Å². The first-order chi connectivity index (χ1) is 25.7. The normalized spacial score (nSPS) is 11.8. The van der Waals surface area contributed by atoms with Gasteiger partial charge in [-0.25, -0.2) is 4.98 Å². The maximum absolute atomic E-state index is 6.55. The summed E-state index contributed by atoms with van der Waals surface area (Å²) in [5.74, 6) is 0.592. The molecule has 0 amide bonds. The standard InChI is InChI=1S/C47H28N2O3/c1-2-10-31(11-3-1)47-48-46-43(52-47)26-25-42-45(46)38-23-21-34(28-44(38)51-42)49(33-22-24-41-39(27-33)37-14-6-7-16-40(37)50-41)32-19-17-30(18-20-32)36-15-8-12-29-9-4-5-13-35(29)36/h1-28H. The molecule has 0 radical (unpaired) electrons. The van der Waals surface area contributed by atoms with Crippen molar-refractivity contribution in [2.45, 2.75) is 0 Å². The molecule has 0 atom stereocenters. The highest BCUT2D eigenvalue weighted by Crippen LogP contribution is 2.43. The Balaban J connectivity index is 1.08. The Labute approximate surface area is 297 Å². The smallest absolute Gasteiger partial charge is 0.227 e. The zero-order chi connectivity index (χ0) is 34.2. The highest BCUT2D eigenvalue weighted by atomic mass is 16.4. The van der Waals surface area contributed by atoms with Crippen LogP contribution in [0.2, 0.25) is 0 Å². The molecule has 0 unspecified atom stereocenters. The lowest BCUT2D eigenvalue weighted by molar-refractivity contribution is 0.619. The van der Waals surface area contributed by atoms with Crippen molar-refractivity contribution in [2.75, 3.05) is 4.90 Å². The molecule has 3 aromatic heterocycles. The van der Waals surface area contributed by atoms with Gasteiger partial charge < -0.3 is 18.2 Å². The van der Waals surface area contributed by atoms with E-state index in [4.69, 9.17) is 18.2 Å². The van der Waals surface area contributed by atoms with Gasteiger partial charge >= 0.3 is 0 Å². The van der Waals surface area contributed by atoms with Crippen LogP contribution in [0.4, 0.5) is 17.1 Å². The number of hydrogen-bond donors (Lipinski definition) is 0. The van der Waals surface area contributed by atoms with Crippen molar-refractivity contribution >= 4 is 82.8 Å². The van der Waals surface area contributed by atoms with E-state index in [0.29, 0.717) is 5.89 Å². The monoisotopic (exact) mass is 668 g/mol. The van der Waals surface area contributed by atoms with Gasteiger partial charge in [0.1, 0.15) is 27.8 Å². The zero-order valence-corrected chi connectivity index (χ0v) is 27.8. The Morgan fingerprint density at radius 1 is 0.385 bits per heavy atom. The topological polar surface area (TPSA) is 55.6 Å². The Morgan fingerprint density at radius 2 is 1.06 bits per heavy atom. The van der Waals surface area contributed by atoms with Crippen molar-refractivity contribution in [3.63, 3.8) is 0 Å². The maximum Gasteiger partial charge on any atom is 0.227 e. The Bertz CT molecular complexity index is 3130. The summed E-state index contributed by atoms with van der Waals surface area (Å²) in [5, 5.41) is 6.55. The molecule has 0 saturated heterocycles. The van der Waals surface area contributed by atoms with E-state index in [1.165, 1.54) is 16.3 Å². The number of benzene rings is 8. The first-order valence-electron chi connectivity index (χ1n) is 17.4. The van der Waals surface area contributed by atoms with Crippen molar-refractivity contribution in [1.29, 1.82) is 0 Å². The van der Waals surface area contributed by atoms with Gasteiger partial charge in [-0.1, -0.05) is 91.0 Å². The van der Waals surface area contributed by atoms with Crippen LogP contribution in [0.5, 0.6) is 0 Å². The third-order valence-electron chi connectivity index (χ3n) is 10.1. The Kier molecular flexibility index (Phi) is 6.18. The van der Waals surface area contributed by atoms with E-state index in [1.807, 2.05) is 54.6 Å². The van der Waals surface area contributed by atoms with Gasteiger partial charge in [-0.15, -0.1) is 0 Å². The lowest BCUT2D eigenvalue weighted by atomic mass is 9.98. The van der Waals surface area contributed by atoms with E-state index in [-0.39, 0.29) is 0 Å². The first-order valence-corrected chi connectivity index (χ1v) is 17.4. The third-order valence-corrected chi connectivity index (χ3v) is 10.1. The van der Waals surface area contributed by atoms with Gasteiger partial charge in [0.2, 0.25) is 5.89 Å². The molecule has 0 aliphatic rings. The van der Waals surface area contributed by atoms with E-state index in [0.717, 1.165) is 83.2 Å². The number of fused-ring (bicyclic) bond motifs is 9. The lowest BCUT2D eigenvalue weighted by Gasteiger charge is -2.26. The van der Waals surface area contributed by atoms with Gasteiger partial charge in [-0.05, 0) is 94.7 Å². The number of para-hydroxylation sites is 1. The zero-order valence-electron chi connectivity index (χ0n) is 27.8. The van der Waals surface area contributed by atoms with Crippen LogP contribution in [-0.2, 0) is 0 Å². The molecule has 0 saturated carbocycles. The van der Waals surface area contributed by atoms with Gasteiger partial charge in [0, 0.05) is 44.9 Å².